The first-order chi connectivity index (χ1) is 5.79. The second-order valence-electron chi connectivity index (χ2n) is 3.02. The topological polar surface area (TPSA) is 46.0 Å². The second-order valence-corrected chi connectivity index (χ2v) is 3.82. The van der Waals surface area contributed by atoms with Gasteiger partial charge in [0.05, 0.1) is 5.69 Å². The summed E-state index contributed by atoms with van der Waals surface area (Å²) in [5.41, 5.74) is 0.953. The highest BCUT2D eigenvalue weighted by Gasteiger charge is 2.24. The minimum absolute atomic E-state index is 0.0481. The third kappa shape index (κ3) is 1.20. The number of aromatic hydroxyl groups is 1. The molecule has 0 amide bonds. The van der Waals surface area contributed by atoms with Crippen LogP contribution in [-0.2, 0) is 0 Å². The van der Waals surface area contributed by atoms with E-state index in [1.54, 1.807) is 0 Å². The van der Waals surface area contributed by atoms with E-state index < -0.39 is 0 Å². The van der Waals surface area contributed by atoms with E-state index >= 15 is 0 Å². The van der Waals surface area contributed by atoms with Gasteiger partial charge in [-0.05, 0) is 28.8 Å². The highest BCUT2D eigenvalue weighted by molar-refractivity contribution is 9.10. The molecule has 12 heavy (non-hydrogen) atoms. The van der Waals surface area contributed by atoms with E-state index in [9.17, 15) is 5.11 Å². The van der Waals surface area contributed by atoms with E-state index in [2.05, 4.69) is 25.9 Å². The molecule has 1 aliphatic carbocycles. The average Bonchev–Trinajstić information content (AvgIpc) is 1.95. The third-order valence-electron chi connectivity index (χ3n) is 2.29. The molecule has 0 unspecified atom stereocenters. The number of hydrogen-bond donors (Lipinski definition) is 1. The summed E-state index contributed by atoms with van der Waals surface area (Å²) in [6.45, 7) is 0. The second kappa shape index (κ2) is 3.01. The molecule has 0 atom stereocenters. The molecule has 0 aromatic carbocycles. The van der Waals surface area contributed by atoms with Gasteiger partial charge in [-0.2, -0.15) is 0 Å². The molecule has 1 aliphatic rings. The van der Waals surface area contributed by atoms with Crippen molar-refractivity contribution in [2.24, 2.45) is 0 Å². The lowest BCUT2D eigenvalue weighted by Crippen LogP contribution is -2.11. The summed E-state index contributed by atoms with van der Waals surface area (Å²) in [5.74, 6) is 0.570. The maximum atomic E-state index is 9.27. The van der Waals surface area contributed by atoms with Gasteiger partial charge in [0.25, 0.3) is 0 Å². The van der Waals surface area contributed by atoms with Crippen molar-refractivity contribution in [1.82, 2.24) is 9.97 Å². The molecule has 0 radical (unpaired) electrons. The number of aromatic nitrogens is 2. The van der Waals surface area contributed by atoms with Gasteiger partial charge in [0, 0.05) is 5.92 Å². The first-order valence-electron chi connectivity index (χ1n) is 3.98. The molecule has 4 heteroatoms. The summed E-state index contributed by atoms with van der Waals surface area (Å²) >= 11 is 3.28. The normalized spacial score (nSPS) is 17.4. The average molecular weight is 229 g/mol. The molecule has 0 aliphatic heterocycles. The molecule has 1 N–H and O–H groups in total. The molecular formula is C8H9BrN2O. The van der Waals surface area contributed by atoms with Crippen LogP contribution in [0.2, 0.25) is 0 Å². The first-order valence-corrected chi connectivity index (χ1v) is 4.77. The zero-order valence-electron chi connectivity index (χ0n) is 6.50. The van der Waals surface area contributed by atoms with Crippen LogP contribution in [0.3, 0.4) is 0 Å². The van der Waals surface area contributed by atoms with Crippen molar-refractivity contribution in [1.29, 1.82) is 0 Å². The lowest BCUT2D eigenvalue weighted by molar-refractivity contribution is 0.399. The van der Waals surface area contributed by atoms with Crippen LogP contribution in [0.4, 0.5) is 0 Å². The number of rotatable bonds is 1. The Hall–Kier alpha value is -0.640. The monoisotopic (exact) mass is 228 g/mol. The zero-order valence-corrected chi connectivity index (χ0v) is 8.08. The van der Waals surface area contributed by atoms with Gasteiger partial charge in [-0.3, -0.25) is 0 Å². The van der Waals surface area contributed by atoms with Crippen LogP contribution in [0, 0.1) is 0 Å². The van der Waals surface area contributed by atoms with E-state index in [-0.39, 0.29) is 5.88 Å². The van der Waals surface area contributed by atoms with Crippen molar-refractivity contribution in [2.75, 3.05) is 0 Å². The minimum Gasteiger partial charge on any atom is -0.492 e. The fourth-order valence-corrected chi connectivity index (χ4v) is 1.87. The van der Waals surface area contributed by atoms with Gasteiger partial charge >= 0.3 is 0 Å². The Morgan fingerprint density at radius 2 is 2.17 bits per heavy atom. The maximum absolute atomic E-state index is 9.27. The van der Waals surface area contributed by atoms with Crippen molar-refractivity contribution >= 4 is 15.9 Å². The van der Waals surface area contributed by atoms with E-state index in [4.69, 9.17) is 0 Å². The fraction of sp³-hybridized carbons (Fsp3) is 0.500. The van der Waals surface area contributed by atoms with Gasteiger partial charge in [-0.25, -0.2) is 9.97 Å². The van der Waals surface area contributed by atoms with Crippen LogP contribution in [0.15, 0.2) is 10.8 Å². The van der Waals surface area contributed by atoms with Crippen LogP contribution < -0.4 is 0 Å². The van der Waals surface area contributed by atoms with Crippen LogP contribution >= 0.6 is 15.9 Å². The number of halogens is 1. The summed E-state index contributed by atoms with van der Waals surface area (Å²) in [7, 11) is 0. The smallest absolute Gasteiger partial charge is 0.228 e. The molecule has 1 aromatic rings. The molecule has 1 saturated carbocycles. The Labute approximate surface area is 79.0 Å². The van der Waals surface area contributed by atoms with Gasteiger partial charge in [-0.1, -0.05) is 6.42 Å². The van der Waals surface area contributed by atoms with Gasteiger partial charge in [0.15, 0.2) is 0 Å². The summed E-state index contributed by atoms with van der Waals surface area (Å²) in [5, 5.41) is 9.27. The maximum Gasteiger partial charge on any atom is 0.228 e. The standard InChI is InChI=1S/C8H9BrN2O/c9-6-7(5-2-1-3-5)10-4-11-8(6)12/h4-5H,1-3H2,(H,10,11,12). The van der Waals surface area contributed by atoms with Crippen molar-refractivity contribution < 1.29 is 5.11 Å². The van der Waals surface area contributed by atoms with E-state index in [1.165, 1.54) is 25.6 Å². The molecule has 1 aromatic heterocycles. The Kier molecular flexibility index (Phi) is 2.00. The Morgan fingerprint density at radius 3 is 2.75 bits per heavy atom. The van der Waals surface area contributed by atoms with Crippen LogP contribution in [0.5, 0.6) is 5.88 Å². The molecule has 64 valence electrons. The Balaban J connectivity index is 2.36. The Bertz CT molecular complexity index is 299. The first kappa shape index (κ1) is 7.98. The van der Waals surface area contributed by atoms with Crippen LogP contribution in [-0.4, -0.2) is 15.1 Å². The fourth-order valence-electron chi connectivity index (χ4n) is 1.34. The number of hydrogen-bond acceptors (Lipinski definition) is 3. The summed E-state index contributed by atoms with van der Waals surface area (Å²) < 4.78 is 0.662. The van der Waals surface area contributed by atoms with Crippen molar-refractivity contribution in [3.63, 3.8) is 0 Å². The predicted octanol–water partition coefficient (Wildman–Crippen LogP) is 2.21. The lowest BCUT2D eigenvalue weighted by atomic mass is 9.83. The van der Waals surface area contributed by atoms with Crippen molar-refractivity contribution in [3.05, 3.63) is 16.5 Å². The molecule has 0 spiro atoms. The van der Waals surface area contributed by atoms with Crippen LogP contribution in [0.25, 0.3) is 0 Å². The van der Waals surface area contributed by atoms with Crippen molar-refractivity contribution in [3.8, 4) is 5.88 Å². The van der Waals surface area contributed by atoms with Gasteiger partial charge in [-0.15, -0.1) is 0 Å². The Morgan fingerprint density at radius 1 is 1.42 bits per heavy atom. The van der Waals surface area contributed by atoms with E-state index in [0.29, 0.717) is 10.4 Å². The van der Waals surface area contributed by atoms with Crippen molar-refractivity contribution in [2.45, 2.75) is 25.2 Å². The van der Waals surface area contributed by atoms with E-state index in [0.717, 1.165) is 5.69 Å². The molecule has 1 fully saturated rings. The van der Waals surface area contributed by atoms with Gasteiger partial charge in [0.1, 0.15) is 10.8 Å². The highest BCUT2D eigenvalue weighted by atomic mass is 79.9. The molecule has 1 heterocycles. The SMILES string of the molecule is Oc1ncnc(C2CCC2)c1Br. The minimum atomic E-state index is 0.0481. The molecule has 0 saturated heterocycles. The quantitative estimate of drug-likeness (QED) is 0.802. The molecule has 3 nitrogen and oxygen atoms in total. The van der Waals surface area contributed by atoms with E-state index in [1.807, 2.05) is 0 Å². The lowest BCUT2D eigenvalue weighted by Gasteiger charge is -2.25. The summed E-state index contributed by atoms with van der Waals surface area (Å²) in [6, 6.07) is 0. The summed E-state index contributed by atoms with van der Waals surface area (Å²) in [4.78, 5) is 7.82. The zero-order chi connectivity index (χ0) is 8.55. The van der Waals surface area contributed by atoms with Gasteiger partial charge < -0.3 is 5.11 Å². The summed E-state index contributed by atoms with van der Waals surface area (Å²) in [6.07, 6.45) is 5.03. The highest BCUT2D eigenvalue weighted by Crippen LogP contribution is 2.40. The molecule has 0 bridgehead atoms. The van der Waals surface area contributed by atoms with Gasteiger partial charge in [0.2, 0.25) is 5.88 Å². The number of nitrogens with zero attached hydrogens (tertiary/aromatic N) is 2. The molecule has 2 rings (SSSR count). The van der Waals surface area contributed by atoms with Crippen LogP contribution in [0.1, 0.15) is 30.9 Å². The largest absolute Gasteiger partial charge is 0.492 e. The predicted molar refractivity (Wildman–Crippen MR) is 48.0 cm³/mol. The molecular weight excluding hydrogens is 220 g/mol. The third-order valence-corrected chi connectivity index (χ3v) is 3.05.